The molecule has 49 heavy (non-hydrogen) atoms. The summed E-state index contributed by atoms with van der Waals surface area (Å²) in [6.45, 7) is 11.6. The first-order chi connectivity index (χ1) is 23.3. The summed E-state index contributed by atoms with van der Waals surface area (Å²) >= 11 is 6.75. The van der Waals surface area contributed by atoms with Gasteiger partial charge in [-0.1, -0.05) is 32.4 Å². The predicted octanol–water partition coefficient (Wildman–Crippen LogP) is 3.86. The van der Waals surface area contributed by atoms with Gasteiger partial charge in [-0.2, -0.15) is 0 Å². The van der Waals surface area contributed by atoms with Gasteiger partial charge >= 0.3 is 0 Å². The van der Waals surface area contributed by atoms with E-state index in [1.165, 1.54) is 13.4 Å². The van der Waals surface area contributed by atoms with Gasteiger partial charge in [0.05, 0.1) is 35.1 Å². The first-order valence-electron chi connectivity index (χ1n) is 16.7. The zero-order valence-corrected chi connectivity index (χ0v) is 30.1. The van der Waals surface area contributed by atoms with Gasteiger partial charge in [-0.05, 0) is 63.5 Å². The lowest BCUT2D eigenvalue weighted by Gasteiger charge is -2.36. The number of carbonyl (C=O) groups is 3. The van der Waals surface area contributed by atoms with Gasteiger partial charge < -0.3 is 40.7 Å². The average Bonchev–Trinajstić information content (AvgIpc) is 3.57. The van der Waals surface area contributed by atoms with E-state index >= 15 is 0 Å². The van der Waals surface area contributed by atoms with E-state index in [0.717, 1.165) is 37.6 Å². The molecule has 0 bridgehead atoms. The van der Waals surface area contributed by atoms with Crippen LogP contribution in [0.5, 0.6) is 5.75 Å². The number of amides is 3. The second-order valence-electron chi connectivity index (χ2n) is 13.9. The molecular weight excluding hydrogens is 646 g/mol. The molecule has 13 nitrogen and oxygen atoms in total. The minimum atomic E-state index is -0.811. The quantitative estimate of drug-likeness (QED) is 0.247. The van der Waals surface area contributed by atoms with Crippen LogP contribution < -0.4 is 30.9 Å². The van der Waals surface area contributed by atoms with Gasteiger partial charge in [0.2, 0.25) is 17.7 Å². The van der Waals surface area contributed by atoms with Crippen LogP contribution in [0.1, 0.15) is 40.5 Å². The highest BCUT2D eigenvalue weighted by atomic mass is 35.5. The number of ether oxygens (including phenoxy) is 1. The molecule has 4 N–H and O–H groups in total. The molecule has 2 aromatic carbocycles. The number of aromatic nitrogens is 2. The Kier molecular flexibility index (Phi) is 11.2. The molecule has 0 radical (unpaired) electrons. The molecule has 2 saturated heterocycles. The molecule has 0 spiro atoms. The molecule has 1 aromatic heterocycles. The second-order valence-corrected chi connectivity index (χ2v) is 14.3. The zero-order chi connectivity index (χ0) is 35.5. The Hall–Kier alpha value is -4.20. The van der Waals surface area contributed by atoms with Crippen molar-refractivity contribution in [2.24, 2.45) is 5.41 Å². The molecule has 2 aliphatic heterocycles. The smallest absolute Gasteiger partial charge is 0.247 e. The maximum atomic E-state index is 13.9. The monoisotopic (exact) mass is 693 g/mol. The van der Waals surface area contributed by atoms with Crippen LogP contribution >= 0.6 is 11.6 Å². The zero-order valence-electron chi connectivity index (χ0n) is 29.4. The second kappa shape index (κ2) is 15.1. The van der Waals surface area contributed by atoms with Crippen LogP contribution in [0.15, 0.2) is 36.7 Å². The number of hydrogen-bond donors (Lipinski definition) is 4. The van der Waals surface area contributed by atoms with E-state index in [0.29, 0.717) is 52.6 Å². The van der Waals surface area contributed by atoms with Crippen LogP contribution in [0.25, 0.3) is 10.9 Å². The number of rotatable bonds is 10. The molecule has 5 rings (SSSR count). The van der Waals surface area contributed by atoms with E-state index in [9.17, 15) is 14.4 Å². The van der Waals surface area contributed by atoms with Crippen LogP contribution in [0.4, 0.5) is 22.9 Å². The Bertz CT molecular complexity index is 1690. The SMILES string of the molecule is CN[C@@H](C)C(=O)N[C@H](C(=O)N1CCC[C@H]1C(=O)Nc1cc2c(Nc3ccc(N4CCN(C)CC4)c(Cl)c3)ncnc2cc1OC)C(C)(C)C. The van der Waals surface area contributed by atoms with Crippen LogP contribution in [0, 0.1) is 5.41 Å². The number of carbonyl (C=O) groups excluding carboxylic acids is 3. The summed E-state index contributed by atoms with van der Waals surface area (Å²) in [6, 6.07) is 7.37. The average molecular weight is 694 g/mol. The fourth-order valence-corrected chi connectivity index (χ4v) is 6.51. The first-order valence-corrected chi connectivity index (χ1v) is 17.1. The summed E-state index contributed by atoms with van der Waals surface area (Å²) in [4.78, 5) is 55.6. The fraction of sp³-hybridized carbons (Fsp3) is 0.514. The molecule has 3 atom stereocenters. The standard InChI is InChI=1S/C35H48ClN9O4/c1-21(37-5)32(46)42-30(35(2,3)4)34(48)45-12-8-9-28(45)33(47)41-26-18-23-25(19-29(26)49-7)38-20-39-31(23)40-22-10-11-27(24(36)17-22)44-15-13-43(6)14-16-44/h10-11,17-21,28,30,37H,8-9,12-16H2,1-7H3,(H,41,47)(H,42,46)(H,38,39,40)/t21-,28-,30+/m0/s1. The Balaban J connectivity index is 1.37. The number of nitrogens with one attached hydrogen (secondary N) is 4. The van der Waals surface area contributed by atoms with E-state index < -0.39 is 23.5 Å². The number of piperazine rings is 1. The number of benzene rings is 2. The van der Waals surface area contributed by atoms with Crippen molar-refractivity contribution in [3.05, 3.63) is 41.7 Å². The molecule has 3 aromatic rings. The molecule has 0 saturated carbocycles. The normalized spacial score (nSPS) is 18.2. The van der Waals surface area contributed by atoms with Crippen molar-refractivity contribution in [3.8, 4) is 5.75 Å². The number of methoxy groups -OCH3 is 1. The van der Waals surface area contributed by atoms with Crippen LogP contribution in [0.3, 0.4) is 0 Å². The molecule has 0 unspecified atom stereocenters. The largest absolute Gasteiger partial charge is 0.494 e. The van der Waals surface area contributed by atoms with Crippen molar-refractivity contribution in [1.82, 2.24) is 30.4 Å². The minimum Gasteiger partial charge on any atom is -0.494 e. The maximum absolute atomic E-state index is 13.9. The highest BCUT2D eigenvalue weighted by Crippen LogP contribution is 2.36. The summed E-state index contributed by atoms with van der Waals surface area (Å²) in [5.41, 5.74) is 2.21. The number of fused-ring (bicyclic) bond motifs is 1. The van der Waals surface area contributed by atoms with Gasteiger partial charge in [0.1, 0.15) is 30.0 Å². The van der Waals surface area contributed by atoms with Crippen molar-refractivity contribution in [2.75, 3.05) is 69.5 Å². The molecule has 3 amide bonds. The lowest BCUT2D eigenvalue weighted by atomic mass is 9.85. The van der Waals surface area contributed by atoms with Gasteiger partial charge in [-0.25, -0.2) is 9.97 Å². The summed E-state index contributed by atoms with van der Waals surface area (Å²) in [5, 5.41) is 13.5. The van der Waals surface area contributed by atoms with Crippen molar-refractivity contribution in [2.45, 2.75) is 58.7 Å². The summed E-state index contributed by atoms with van der Waals surface area (Å²) in [7, 11) is 5.33. The number of halogens is 1. The minimum absolute atomic E-state index is 0.281. The number of anilines is 4. The highest BCUT2D eigenvalue weighted by Gasteiger charge is 2.42. The Morgan fingerprint density at radius 1 is 1.04 bits per heavy atom. The third-order valence-corrected chi connectivity index (χ3v) is 9.64. The van der Waals surface area contributed by atoms with E-state index in [1.807, 2.05) is 39.0 Å². The van der Waals surface area contributed by atoms with Gasteiger partial charge in [0.25, 0.3) is 0 Å². The number of nitrogens with zero attached hydrogens (tertiary/aromatic N) is 5. The predicted molar refractivity (Wildman–Crippen MR) is 194 cm³/mol. The molecule has 14 heteroatoms. The third kappa shape index (κ3) is 8.17. The van der Waals surface area contributed by atoms with Crippen molar-refractivity contribution < 1.29 is 19.1 Å². The summed E-state index contributed by atoms with van der Waals surface area (Å²) < 4.78 is 5.65. The number of hydrogen-bond acceptors (Lipinski definition) is 10. The third-order valence-electron chi connectivity index (χ3n) is 9.33. The van der Waals surface area contributed by atoms with Crippen LogP contribution in [0.2, 0.25) is 5.02 Å². The molecule has 264 valence electrons. The topological polar surface area (TPSA) is 144 Å². The lowest BCUT2D eigenvalue weighted by molar-refractivity contribution is -0.143. The van der Waals surface area contributed by atoms with E-state index in [4.69, 9.17) is 16.3 Å². The van der Waals surface area contributed by atoms with Crippen LogP contribution in [-0.4, -0.2) is 110 Å². The van der Waals surface area contributed by atoms with E-state index in [-0.39, 0.29) is 17.7 Å². The molecule has 2 aliphatic rings. The van der Waals surface area contributed by atoms with Crippen molar-refractivity contribution in [1.29, 1.82) is 0 Å². The Morgan fingerprint density at radius 3 is 2.43 bits per heavy atom. The van der Waals surface area contributed by atoms with E-state index in [2.05, 4.69) is 48.1 Å². The fourth-order valence-electron chi connectivity index (χ4n) is 6.21. The van der Waals surface area contributed by atoms with Crippen molar-refractivity contribution >= 4 is 63.1 Å². The first kappa shape index (κ1) is 36.1. The van der Waals surface area contributed by atoms with E-state index in [1.54, 1.807) is 31.0 Å². The van der Waals surface area contributed by atoms with Crippen LogP contribution in [-0.2, 0) is 14.4 Å². The highest BCUT2D eigenvalue weighted by molar-refractivity contribution is 6.33. The number of likely N-dealkylation sites (N-methyl/N-ethyl adjacent to an activating group) is 2. The molecule has 0 aliphatic carbocycles. The summed E-state index contributed by atoms with van der Waals surface area (Å²) in [6.07, 6.45) is 2.62. The lowest BCUT2D eigenvalue weighted by Crippen LogP contribution is -2.59. The Labute approximate surface area is 293 Å². The number of likely N-dealkylation sites (tertiary alicyclic amines) is 1. The van der Waals surface area contributed by atoms with Gasteiger partial charge in [-0.15, -0.1) is 0 Å². The molecule has 3 heterocycles. The van der Waals surface area contributed by atoms with Gasteiger partial charge in [0, 0.05) is 49.9 Å². The van der Waals surface area contributed by atoms with Gasteiger partial charge in [0.15, 0.2) is 0 Å². The Morgan fingerprint density at radius 2 is 1.78 bits per heavy atom. The molecule has 2 fully saturated rings. The summed E-state index contributed by atoms with van der Waals surface area (Å²) in [5.74, 6) is 0.0376. The molecular formula is C35H48ClN9O4. The van der Waals surface area contributed by atoms with Gasteiger partial charge in [-0.3, -0.25) is 14.4 Å². The van der Waals surface area contributed by atoms with Crippen molar-refractivity contribution in [3.63, 3.8) is 0 Å². The maximum Gasteiger partial charge on any atom is 0.247 e.